The van der Waals surface area contributed by atoms with Crippen LogP contribution in [0.2, 0.25) is 5.02 Å². The molecule has 28 heavy (non-hydrogen) atoms. The van der Waals surface area contributed by atoms with E-state index in [9.17, 15) is 4.79 Å². The highest BCUT2D eigenvalue weighted by Gasteiger charge is 2.29. The third-order valence-electron chi connectivity index (χ3n) is 4.70. The summed E-state index contributed by atoms with van der Waals surface area (Å²) >= 11 is 11.3. The number of nitrogens with two attached hydrogens (primary N) is 1. The maximum absolute atomic E-state index is 12.8. The van der Waals surface area contributed by atoms with Crippen molar-refractivity contribution in [3.63, 3.8) is 0 Å². The van der Waals surface area contributed by atoms with E-state index in [1.54, 1.807) is 24.3 Å². The molecule has 1 aliphatic rings. The summed E-state index contributed by atoms with van der Waals surface area (Å²) in [5, 5.41) is 3.61. The van der Waals surface area contributed by atoms with Gasteiger partial charge in [-0.05, 0) is 49.2 Å². The maximum Gasteiger partial charge on any atom is 0.264 e. The van der Waals surface area contributed by atoms with Crippen molar-refractivity contribution in [2.24, 2.45) is 0 Å². The van der Waals surface area contributed by atoms with Crippen molar-refractivity contribution in [2.45, 2.75) is 19.4 Å². The van der Waals surface area contributed by atoms with E-state index in [2.05, 4.69) is 28.3 Å². The van der Waals surface area contributed by atoms with Crippen LogP contribution in [0.1, 0.15) is 18.1 Å². The van der Waals surface area contributed by atoms with Crippen LogP contribution < -0.4 is 21.5 Å². The molecule has 0 saturated carbocycles. The topological polar surface area (TPSA) is 87.0 Å². The van der Waals surface area contributed by atoms with Crippen molar-refractivity contribution in [2.75, 3.05) is 16.0 Å². The summed E-state index contributed by atoms with van der Waals surface area (Å²) in [5.74, 6) is 0.500. The molecule has 0 unspecified atom stereocenters. The number of nitrogens with one attached hydrogen (secondary N) is 2. The Bertz CT molecular complexity index is 1110. The third kappa shape index (κ3) is 3.34. The van der Waals surface area contributed by atoms with Crippen molar-refractivity contribution < 1.29 is 0 Å². The molecule has 4 N–H and O–H groups in total. The molecule has 0 amide bonds. The third-order valence-corrected chi connectivity index (χ3v) is 5.26. The molecule has 8 heteroatoms. The molecule has 2 aromatic carbocycles. The summed E-state index contributed by atoms with van der Waals surface area (Å²) in [5.41, 5.74) is 8.83. The summed E-state index contributed by atoms with van der Waals surface area (Å²) in [4.78, 5) is 22.2. The first-order chi connectivity index (χ1) is 13.4. The molecule has 0 spiro atoms. The van der Waals surface area contributed by atoms with Crippen molar-refractivity contribution in [1.82, 2.24) is 9.97 Å². The highest BCUT2D eigenvalue weighted by molar-refractivity contribution is 7.81. The molecule has 1 atom stereocenters. The zero-order chi connectivity index (χ0) is 19.8. The van der Waals surface area contributed by atoms with Crippen LogP contribution in [-0.2, 0) is 6.42 Å². The number of anilines is 4. The van der Waals surface area contributed by atoms with Gasteiger partial charge in [0.25, 0.3) is 5.56 Å². The number of aromatic amines is 1. The van der Waals surface area contributed by atoms with E-state index in [1.165, 1.54) is 5.56 Å². The zero-order valence-electron chi connectivity index (χ0n) is 15.1. The number of rotatable bonds is 3. The lowest BCUT2D eigenvalue weighted by atomic mass is 10.1. The van der Waals surface area contributed by atoms with Crippen LogP contribution in [0.4, 0.5) is 23.1 Å². The van der Waals surface area contributed by atoms with Gasteiger partial charge in [-0.3, -0.25) is 9.78 Å². The molecular formula is C20H18ClN5OS. The van der Waals surface area contributed by atoms with Crippen LogP contribution >= 0.6 is 23.8 Å². The minimum atomic E-state index is -0.384. The predicted molar refractivity (Wildman–Crippen MR) is 118 cm³/mol. The first kappa shape index (κ1) is 18.5. The quantitative estimate of drug-likeness (QED) is 0.567. The second kappa shape index (κ2) is 7.26. The number of hydrogen-bond acceptors (Lipinski definition) is 5. The molecular weight excluding hydrogens is 394 g/mol. The molecule has 0 bridgehead atoms. The monoisotopic (exact) mass is 411 g/mol. The van der Waals surface area contributed by atoms with Crippen molar-refractivity contribution in [3.05, 3.63) is 75.0 Å². The number of halogens is 1. The van der Waals surface area contributed by atoms with E-state index in [4.69, 9.17) is 29.6 Å². The first-order valence-electron chi connectivity index (χ1n) is 8.78. The lowest BCUT2D eigenvalue weighted by Crippen LogP contribution is -2.31. The average molecular weight is 412 g/mol. The summed E-state index contributed by atoms with van der Waals surface area (Å²) in [6, 6.07) is 15.2. The molecule has 0 saturated heterocycles. The molecule has 0 radical (unpaired) electrons. The Balaban J connectivity index is 1.67. The molecule has 3 aromatic rings. The number of para-hydroxylation sites is 1. The number of hydrogen-bond donors (Lipinski definition) is 3. The minimum absolute atomic E-state index is 0.0850. The SMILES string of the molecule is C[C@H]1Cc2ccccc2N1c1nc(N)c(C(=S)Nc2ccc(Cl)cc2)c(=O)[nH]1. The standard InChI is InChI=1S/C20H18ClN5OS/c1-11-10-12-4-2-3-5-15(12)26(11)20-24-17(22)16(18(27)25-20)19(28)23-14-8-6-13(21)7-9-14/h2-9,11H,10H2,1H3,(H,23,28)(H3,22,24,25,27)/t11-/m0/s1. The Hall–Kier alpha value is -2.90. The second-order valence-corrected chi connectivity index (χ2v) is 7.51. The normalized spacial score (nSPS) is 15.4. The molecule has 0 aliphatic carbocycles. The maximum atomic E-state index is 12.8. The highest BCUT2D eigenvalue weighted by atomic mass is 35.5. The fraction of sp³-hybridized carbons (Fsp3) is 0.150. The van der Waals surface area contributed by atoms with Gasteiger partial charge in [0.05, 0.1) is 0 Å². The second-order valence-electron chi connectivity index (χ2n) is 6.66. The first-order valence-corrected chi connectivity index (χ1v) is 9.56. The Kier molecular flexibility index (Phi) is 4.78. The van der Waals surface area contributed by atoms with Crippen LogP contribution in [0.15, 0.2) is 53.3 Å². The summed E-state index contributed by atoms with van der Waals surface area (Å²) in [7, 11) is 0. The molecule has 0 fully saturated rings. The number of nitrogens with zero attached hydrogens (tertiary/aromatic N) is 2. The van der Waals surface area contributed by atoms with Crippen LogP contribution in [0.5, 0.6) is 0 Å². The highest BCUT2D eigenvalue weighted by Crippen LogP contribution is 2.36. The predicted octanol–water partition coefficient (Wildman–Crippen LogP) is 3.88. The Morgan fingerprint density at radius 3 is 2.71 bits per heavy atom. The Morgan fingerprint density at radius 1 is 1.29 bits per heavy atom. The van der Waals surface area contributed by atoms with Crippen molar-refractivity contribution in [3.8, 4) is 0 Å². The van der Waals surface area contributed by atoms with E-state index in [1.807, 2.05) is 23.1 Å². The minimum Gasteiger partial charge on any atom is -0.383 e. The molecule has 6 nitrogen and oxygen atoms in total. The number of nitrogen functional groups attached to an aromatic ring is 1. The van der Waals surface area contributed by atoms with Gasteiger partial charge >= 0.3 is 0 Å². The molecule has 4 rings (SSSR count). The fourth-order valence-electron chi connectivity index (χ4n) is 3.43. The van der Waals surface area contributed by atoms with E-state index in [-0.39, 0.29) is 28.0 Å². The van der Waals surface area contributed by atoms with Crippen molar-refractivity contribution in [1.29, 1.82) is 0 Å². The van der Waals surface area contributed by atoms with Gasteiger partial charge in [0.1, 0.15) is 16.4 Å². The van der Waals surface area contributed by atoms with E-state index in [0.29, 0.717) is 16.7 Å². The number of aromatic nitrogens is 2. The molecule has 1 aromatic heterocycles. The average Bonchev–Trinajstić information content (AvgIpc) is 2.98. The van der Waals surface area contributed by atoms with Gasteiger partial charge in [-0.25, -0.2) is 0 Å². The smallest absolute Gasteiger partial charge is 0.264 e. The van der Waals surface area contributed by atoms with Gasteiger partial charge in [-0.1, -0.05) is 42.0 Å². The van der Waals surface area contributed by atoms with Gasteiger partial charge in [0.2, 0.25) is 5.95 Å². The molecule has 142 valence electrons. The van der Waals surface area contributed by atoms with E-state index in [0.717, 1.165) is 12.1 Å². The fourth-order valence-corrected chi connectivity index (χ4v) is 3.87. The summed E-state index contributed by atoms with van der Waals surface area (Å²) in [6.07, 6.45) is 0.873. The zero-order valence-corrected chi connectivity index (χ0v) is 16.6. The van der Waals surface area contributed by atoms with Gasteiger partial charge in [0.15, 0.2) is 0 Å². The van der Waals surface area contributed by atoms with Gasteiger partial charge < -0.3 is 16.0 Å². The van der Waals surface area contributed by atoms with Crippen LogP contribution in [-0.4, -0.2) is 21.0 Å². The Labute approximate surface area is 172 Å². The van der Waals surface area contributed by atoms with Gasteiger partial charge in [0, 0.05) is 22.4 Å². The van der Waals surface area contributed by atoms with Crippen molar-refractivity contribution >= 4 is 51.9 Å². The number of H-pyrrole nitrogens is 1. The molecule has 2 heterocycles. The number of thiocarbonyl (C=S) groups is 1. The largest absolute Gasteiger partial charge is 0.383 e. The van der Waals surface area contributed by atoms with Gasteiger partial charge in [-0.15, -0.1) is 0 Å². The summed E-state index contributed by atoms with van der Waals surface area (Å²) < 4.78 is 0. The van der Waals surface area contributed by atoms with Gasteiger partial charge in [-0.2, -0.15) is 4.98 Å². The lowest BCUT2D eigenvalue weighted by Gasteiger charge is -2.23. The molecule has 1 aliphatic heterocycles. The van der Waals surface area contributed by atoms with E-state index >= 15 is 0 Å². The van der Waals surface area contributed by atoms with Crippen LogP contribution in [0.3, 0.4) is 0 Å². The Morgan fingerprint density at radius 2 is 2.00 bits per heavy atom. The lowest BCUT2D eigenvalue weighted by molar-refractivity contribution is 0.738. The van der Waals surface area contributed by atoms with Crippen LogP contribution in [0, 0.1) is 0 Å². The summed E-state index contributed by atoms with van der Waals surface area (Å²) in [6.45, 7) is 2.08. The number of fused-ring (bicyclic) bond motifs is 1. The number of benzene rings is 2. The van der Waals surface area contributed by atoms with E-state index < -0.39 is 0 Å². The van der Waals surface area contributed by atoms with Crippen LogP contribution in [0.25, 0.3) is 0 Å².